The Hall–Kier alpha value is -1.62. The zero-order valence-corrected chi connectivity index (χ0v) is 15.0. The Kier molecular flexibility index (Phi) is 6.60. The summed E-state index contributed by atoms with van der Waals surface area (Å²) in [4.78, 5) is 28.7. The molecule has 0 radical (unpaired) electrons. The van der Waals surface area contributed by atoms with Gasteiger partial charge >= 0.3 is 0 Å². The highest BCUT2D eigenvalue weighted by molar-refractivity contribution is 6.31. The lowest BCUT2D eigenvalue weighted by Gasteiger charge is -2.25. The fraction of sp³-hybridized carbons (Fsp3) is 0.556. The zero-order valence-electron chi connectivity index (χ0n) is 14.2. The van der Waals surface area contributed by atoms with Gasteiger partial charge in [0.25, 0.3) is 5.91 Å². The molecule has 4 nitrogen and oxygen atoms in total. The molecule has 1 aliphatic heterocycles. The van der Waals surface area contributed by atoms with Crippen molar-refractivity contribution in [1.82, 2.24) is 9.80 Å². The van der Waals surface area contributed by atoms with Crippen molar-refractivity contribution in [2.24, 2.45) is 5.92 Å². The van der Waals surface area contributed by atoms with Crippen LogP contribution in [0.2, 0.25) is 5.02 Å². The van der Waals surface area contributed by atoms with E-state index < -0.39 is 5.82 Å². The summed E-state index contributed by atoms with van der Waals surface area (Å²) in [5, 5.41) is -0.0544. The number of hydrogen-bond donors (Lipinski definition) is 0. The maximum absolute atomic E-state index is 13.3. The molecule has 1 aliphatic rings. The molecule has 0 atom stereocenters. The predicted molar refractivity (Wildman–Crippen MR) is 92.6 cm³/mol. The summed E-state index contributed by atoms with van der Waals surface area (Å²) in [6.45, 7) is 6.33. The SMILES string of the molecule is CCC(CC)C(=O)N1CCCN(C(=O)c2ccc(F)c(Cl)c2)CC1. The normalized spacial score (nSPS) is 15.5. The summed E-state index contributed by atoms with van der Waals surface area (Å²) in [6.07, 6.45) is 2.41. The van der Waals surface area contributed by atoms with Crippen LogP contribution in [0, 0.1) is 11.7 Å². The molecule has 1 heterocycles. The predicted octanol–water partition coefficient (Wildman–Crippen LogP) is 3.59. The van der Waals surface area contributed by atoms with Crippen LogP contribution in [0.3, 0.4) is 0 Å². The summed E-state index contributed by atoms with van der Waals surface area (Å²) in [6, 6.07) is 4.01. The van der Waals surface area contributed by atoms with Crippen molar-refractivity contribution in [3.05, 3.63) is 34.6 Å². The third-order valence-corrected chi connectivity index (χ3v) is 4.89. The van der Waals surface area contributed by atoms with Gasteiger partial charge in [-0.3, -0.25) is 9.59 Å². The molecule has 6 heteroatoms. The molecule has 1 aromatic rings. The Morgan fingerprint density at radius 1 is 1.12 bits per heavy atom. The van der Waals surface area contributed by atoms with Crippen LogP contribution in [-0.2, 0) is 4.79 Å². The van der Waals surface area contributed by atoms with E-state index in [4.69, 9.17) is 11.6 Å². The van der Waals surface area contributed by atoms with E-state index in [0.29, 0.717) is 31.7 Å². The number of carbonyl (C=O) groups excluding carboxylic acids is 2. The van der Waals surface area contributed by atoms with E-state index in [1.807, 2.05) is 18.7 Å². The number of benzene rings is 1. The minimum Gasteiger partial charge on any atom is -0.341 e. The van der Waals surface area contributed by atoms with Crippen molar-refractivity contribution in [3.8, 4) is 0 Å². The van der Waals surface area contributed by atoms with E-state index in [1.165, 1.54) is 18.2 Å². The van der Waals surface area contributed by atoms with Gasteiger partial charge in [0.05, 0.1) is 5.02 Å². The summed E-state index contributed by atoms with van der Waals surface area (Å²) < 4.78 is 13.3. The highest BCUT2D eigenvalue weighted by Crippen LogP contribution is 2.19. The maximum atomic E-state index is 13.3. The van der Waals surface area contributed by atoms with E-state index >= 15 is 0 Å². The average molecular weight is 355 g/mol. The summed E-state index contributed by atoms with van der Waals surface area (Å²) in [5.74, 6) is -0.470. The number of halogens is 2. The Morgan fingerprint density at radius 3 is 2.38 bits per heavy atom. The molecule has 0 bridgehead atoms. The molecule has 24 heavy (non-hydrogen) atoms. The van der Waals surface area contributed by atoms with E-state index in [2.05, 4.69) is 0 Å². The van der Waals surface area contributed by atoms with Crippen LogP contribution in [0.5, 0.6) is 0 Å². The van der Waals surface area contributed by atoms with Crippen LogP contribution >= 0.6 is 11.6 Å². The van der Waals surface area contributed by atoms with Gasteiger partial charge in [0.15, 0.2) is 0 Å². The highest BCUT2D eigenvalue weighted by Gasteiger charge is 2.26. The quantitative estimate of drug-likeness (QED) is 0.829. The maximum Gasteiger partial charge on any atom is 0.253 e. The fourth-order valence-electron chi connectivity index (χ4n) is 3.05. The van der Waals surface area contributed by atoms with Gasteiger partial charge in [-0.05, 0) is 37.5 Å². The van der Waals surface area contributed by atoms with Gasteiger partial charge in [-0.2, -0.15) is 0 Å². The largest absolute Gasteiger partial charge is 0.341 e. The minimum absolute atomic E-state index is 0.0544. The summed E-state index contributed by atoms with van der Waals surface area (Å²) in [7, 11) is 0. The van der Waals surface area contributed by atoms with E-state index in [0.717, 1.165) is 19.3 Å². The Bertz CT molecular complexity index is 605. The molecule has 0 N–H and O–H groups in total. The molecule has 2 amide bonds. The van der Waals surface area contributed by atoms with Gasteiger partial charge in [-0.25, -0.2) is 4.39 Å². The van der Waals surface area contributed by atoms with Crippen LogP contribution in [0.15, 0.2) is 18.2 Å². The third kappa shape index (κ3) is 4.26. The lowest BCUT2D eigenvalue weighted by Crippen LogP contribution is -2.39. The second-order valence-corrected chi connectivity index (χ2v) is 6.52. The number of hydrogen-bond acceptors (Lipinski definition) is 2. The van der Waals surface area contributed by atoms with Gasteiger partial charge in [0, 0.05) is 37.7 Å². The van der Waals surface area contributed by atoms with Crippen molar-refractivity contribution < 1.29 is 14.0 Å². The van der Waals surface area contributed by atoms with Crippen molar-refractivity contribution in [2.45, 2.75) is 33.1 Å². The summed E-state index contributed by atoms with van der Waals surface area (Å²) in [5.41, 5.74) is 0.376. The Morgan fingerprint density at radius 2 is 1.75 bits per heavy atom. The van der Waals surface area contributed by atoms with Gasteiger partial charge in [0.1, 0.15) is 5.82 Å². The molecule has 132 valence electrons. The highest BCUT2D eigenvalue weighted by atomic mass is 35.5. The molecule has 1 fully saturated rings. The first kappa shape index (κ1) is 18.7. The fourth-order valence-corrected chi connectivity index (χ4v) is 3.23. The Labute approximate surface area is 147 Å². The van der Waals surface area contributed by atoms with Crippen molar-refractivity contribution in [2.75, 3.05) is 26.2 Å². The molecular formula is C18H24ClFN2O2. The van der Waals surface area contributed by atoms with Crippen LogP contribution in [0.25, 0.3) is 0 Å². The van der Waals surface area contributed by atoms with Crippen molar-refractivity contribution >= 4 is 23.4 Å². The first-order valence-corrected chi connectivity index (χ1v) is 8.88. The van der Waals surface area contributed by atoms with Crippen LogP contribution < -0.4 is 0 Å². The molecule has 0 saturated carbocycles. The van der Waals surface area contributed by atoms with Crippen molar-refractivity contribution in [3.63, 3.8) is 0 Å². The molecule has 1 aromatic carbocycles. The number of nitrogens with zero attached hydrogens (tertiary/aromatic N) is 2. The lowest BCUT2D eigenvalue weighted by atomic mass is 10.0. The molecular weight excluding hydrogens is 331 g/mol. The van der Waals surface area contributed by atoms with Crippen molar-refractivity contribution in [1.29, 1.82) is 0 Å². The third-order valence-electron chi connectivity index (χ3n) is 4.60. The van der Waals surface area contributed by atoms with Gasteiger partial charge in [-0.1, -0.05) is 25.4 Å². The molecule has 1 saturated heterocycles. The van der Waals surface area contributed by atoms with Gasteiger partial charge in [-0.15, -0.1) is 0 Å². The molecule has 0 aromatic heterocycles. The minimum atomic E-state index is -0.536. The number of rotatable bonds is 4. The van der Waals surface area contributed by atoms with Gasteiger partial charge in [0.2, 0.25) is 5.91 Å². The summed E-state index contributed by atoms with van der Waals surface area (Å²) >= 11 is 5.76. The van der Waals surface area contributed by atoms with E-state index in [1.54, 1.807) is 4.90 Å². The Balaban J connectivity index is 2.03. The molecule has 0 spiro atoms. The standard InChI is InChI=1S/C18H24ClFN2O2/c1-3-13(4-2)17(23)21-8-5-9-22(11-10-21)18(24)14-6-7-16(20)15(19)12-14/h6-7,12-13H,3-5,8-11H2,1-2H3. The smallest absolute Gasteiger partial charge is 0.253 e. The van der Waals surface area contributed by atoms with Gasteiger partial charge < -0.3 is 9.80 Å². The molecule has 0 aliphatic carbocycles. The lowest BCUT2D eigenvalue weighted by molar-refractivity contribution is -0.135. The molecule has 0 unspecified atom stereocenters. The average Bonchev–Trinajstić information content (AvgIpc) is 2.83. The zero-order chi connectivity index (χ0) is 17.7. The van der Waals surface area contributed by atoms with Crippen LogP contribution in [-0.4, -0.2) is 47.8 Å². The van der Waals surface area contributed by atoms with Crippen LogP contribution in [0.1, 0.15) is 43.5 Å². The number of carbonyl (C=O) groups is 2. The number of amides is 2. The monoisotopic (exact) mass is 354 g/mol. The second kappa shape index (κ2) is 8.47. The first-order chi connectivity index (χ1) is 11.5. The molecule has 2 rings (SSSR count). The van der Waals surface area contributed by atoms with E-state index in [-0.39, 0.29) is 22.8 Å². The van der Waals surface area contributed by atoms with E-state index in [9.17, 15) is 14.0 Å². The first-order valence-electron chi connectivity index (χ1n) is 8.51. The topological polar surface area (TPSA) is 40.6 Å². The van der Waals surface area contributed by atoms with Crippen LogP contribution in [0.4, 0.5) is 4.39 Å². The second-order valence-electron chi connectivity index (χ2n) is 6.11.